The summed E-state index contributed by atoms with van der Waals surface area (Å²) >= 11 is 0. The first-order chi connectivity index (χ1) is 11.7. The summed E-state index contributed by atoms with van der Waals surface area (Å²) in [5.74, 6) is 0.238. The van der Waals surface area contributed by atoms with Crippen molar-refractivity contribution in [2.45, 2.75) is 38.1 Å². The molecule has 0 unspecified atom stereocenters. The molecule has 130 valence electrons. The van der Waals surface area contributed by atoms with Gasteiger partial charge in [-0.05, 0) is 56.8 Å². The number of benzene rings is 1. The summed E-state index contributed by atoms with van der Waals surface area (Å²) in [6.45, 7) is 3.18. The summed E-state index contributed by atoms with van der Waals surface area (Å²) < 4.78 is 0. The van der Waals surface area contributed by atoms with Crippen molar-refractivity contribution in [1.29, 1.82) is 0 Å². The summed E-state index contributed by atoms with van der Waals surface area (Å²) in [5.41, 5.74) is 0.579. The van der Waals surface area contributed by atoms with Crippen molar-refractivity contribution >= 4 is 11.8 Å². The van der Waals surface area contributed by atoms with Crippen molar-refractivity contribution in [3.05, 3.63) is 35.9 Å². The highest BCUT2D eigenvalue weighted by molar-refractivity contribution is 5.96. The zero-order valence-electron chi connectivity index (χ0n) is 14.2. The first-order valence-corrected chi connectivity index (χ1v) is 9.08. The van der Waals surface area contributed by atoms with Gasteiger partial charge in [-0.1, -0.05) is 24.6 Å². The van der Waals surface area contributed by atoms with E-state index >= 15 is 0 Å². The summed E-state index contributed by atoms with van der Waals surface area (Å²) in [6.07, 6.45) is 6.28. The van der Waals surface area contributed by atoms with E-state index in [2.05, 4.69) is 15.5 Å². The molecule has 0 spiro atoms. The van der Waals surface area contributed by atoms with Crippen molar-refractivity contribution in [1.82, 2.24) is 15.5 Å². The average molecular weight is 329 g/mol. The van der Waals surface area contributed by atoms with Crippen LogP contribution in [0.2, 0.25) is 0 Å². The fourth-order valence-corrected chi connectivity index (χ4v) is 3.97. The second-order valence-electron chi connectivity index (χ2n) is 6.85. The Labute approximate surface area is 143 Å². The summed E-state index contributed by atoms with van der Waals surface area (Å²) in [5, 5.41) is 5.69. The lowest BCUT2D eigenvalue weighted by Gasteiger charge is -2.44. The minimum atomic E-state index is -0.207. The monoisotopic (exact) mass is 329 g/mol. The maximum Gasteiger partial charge on any atom is 0.251 e. The lowest BCUT2D eigenvalue weighted by molar-refractivity contribution is -0.120. The number of fused-ring (bicyclic) bond motifs is 1. The lowest BCUT2D eigenvalue weighted by Crippen LogP contribution is -2.51. The van der Waals surface area contributed by atoms with E-state index < -0.39 is 0 Å². The van der Waals surface area contributed by atoms with Crippen LogP contribution in [0.1, 0.15) is 42.5 Å². The molecule has 0 radical (unpaired) electrons. The van der Waals surface area contributed by atoms with Gasteiger partial charge in [-0.15, -0.1) is 0 Å². The van der Waals surface area contributed by atoms with E-state index in [9.17, 15) is 9.59 Å². The van der Waals surface area contributed by atoms with E-state index in [-0.39, 0.29) is 18.4 Å². The predicted molar refractivity (Wildman–Crippen MR) is 93.7 cm³/mol. The van der Waals surface area contributed by atoms with Gasteiger partial charge in [0.15, 0.2) is 0 Å². The molecule has 0 bridgehead atoms. The van der Waals surface area contributed by atoms with Gasteiger partial charge in [-0.2, -0.15) is 0 Å². The number of hydrogen-bond acceptors (Lipinski definition) is 3. The number of rotatable bonds is 5. The number of carbonyl (C=O) groups excluding carboxylic acids is 2. The molecule has 2 N–H and O–H groups in total. The Bertz CT molecular complexity index is 559. The second kappa shape index (κ2) is 8.29. The molecule has 3 rings (SSSR count). The van der Waals surface area contributed by atoms with Gasteiger partial charge < -0.3 is 15.5 Å². The van der Waals surface area contributed by atoms with Gasteiger partial charge in [0, 0.05) is 18.2 Å². The highest BCUT2D eigenvalue weighted by atomic mass is 16.2. The highest BCUT2D eigenvalue weighted by Crippen LogP contribution is 2.30. The third-order valence-corrected chi connectivity index (χ3v) is 5.24. The number of amides is 2. The third kappa shape index (κ3) is 4.35. The minimum Gasteiger partial charge on any atom is -0.354 e. The highest BCUT2D eigenvalue weighted by Gasteiger charge is 2.32. The molecule has 2 atom stereocenters. The quantitative estimate of drug-likeness (QED) is 0.866. The van der Waals surface area contributed by atoms with Gasteiger partial charge >= 0.3 is 0 Å². The Kier molecular flexibility index (Phi) is 5.86. The molecule has 2 heterocycles. The smallest absolute Gasteiger partial charge is 0.251 e. The summed E-state index contributed by atoms with van der Waals surface area (Å²) in [4.78, 5) is 26.6. The van der Waals surface area contributed by atoms with Gasteiger partial charge in [-0.25, -0.2) is 0 Å². The largest absolute Gasteiger partial charge is 0.354 e. The van der Waals surface area contributed by atoms with Crippen LogP contribution in [-0.2, 0) is 4.79 Å². The molecule has 1 aromatic carbocycles. The maximum absolute atomic E-state index is 12.0. The maximum atomic E-state index is 12.0. The van der Waals surface area contributed by atoms with Crippen LogP contribution >= 0.6 is 0 Å². The van der Waals surface area contributed by atoms with E-state index in [4.69, 9.17) is 0 Å². The van der Waals surface area contributed by atoms with E-state index in [1.54, 1.807) is 12.1 Å². The molecule has 1 aromatic rings. The van der Waals surface area contributed by atoms with Crippen LogP contribution < -0.4 is 10.6 Å². The van der Waals surface area contributed by atoms with Crippen molar-refractivity contribution in [2.24, 2.45) is 5.92 Å². The number of nitrogens with zero attached hydrogens (tertiary/aromatic N) is 1. The minimum absolute atomic E-state index is 0.0365. The SMILES string of the molecule is O=C(CNC(=O)c1ccccc1)NC[C@H]1CCCN2CCCC[C@@H]12. The van der Waals surface area contributed by atoms with E-state index in [0.29, 0.717) is 17.5 Å². The van der Waals surface area contributed by atoms with Crippen LogP contribution in [0.5, 0.6) is 0 Å². The Morgan fingerprint density at radius 2 is 1.79 bits per heavy atom. The number of nitrogens with one attached hydrogen (secondary N) is 2. The van der Waals surface area contributed by atoms with Crippen LogP contribution in [0.3, 0.4) is 0 Å². The van der Waals surface area contributed by atoms with Crippen LogP contribution in [0.4, 0.5) is 0 Å². The van der Waals surface area contributed by atoms with Crippen molar-refractivity contribution < 1.29 is 9.59 Å². The molecule has 2 aliphatic rings. The number of hydrogen-bond donors (Lipinski definition) is 2. The molecule has 2 aliphatic heterocycles. The van der Waals surface area contributed by atoms with Crippen LogP contribution in [0.25, 0.3) is 0 Å². The van der Waals surface area contributed by atoms with Crippen LogP contribution in [-0.4, -0.2) is 48.9 Å². The molecule has 0 aromatic heterocycles. The Balaban J connectivity index is 1.41. The normalized spacial score (nSPS) is 24.0. The van der Waals surface area contributed by atoms with Crippen molar-refractivity contribution in [3.8, 4) is 0 Å². The van der Waals surface area contributed by atoms with E-state index in [1.807, 2.05) is 18.2 Å². The second-order valence-corrected chi connectivity index (χ2v) is 6.85. The molecular weight excluding hydrogens is 302 g/mol. The fourth-order valence-electron chi connectivity index (χ4n) is 3.97. The first kappa shape index (κ1) is 17.0. The topological polar surface area (TPSA) is 61.4 Å². The van der Waals surface area contributed by atoms with Gasteiger partial charge in [0.25, 0.3) is 5.91 Å². The van der Waals surface area contributed by atoms with Crippen LogP contribution in [0.15, 0.2) is 30.3 Å². The van der Waals surface area contributed by atoms with Gasteiger partial charge in [0.2, 0.25) is 5.91 Å². The Hall–Kier alpha value is -1.88. The van der Waals surface area contributed by atoms with Gasteiger partial charge in [0.05, 0.1) is 6.54 Å². The predicted octanol–water partition coefficient (Wildman–Crippen LogP) is 1.80. The zero-order valence-corrected chi connectivity index (χ0v) is 14.2. The standard InChI is InChI=1S/C19H27N3O2/c23-18(14-21-19(24)15-7-2-1-3-8-15)20-13-16-9-6-12-22-11-5-4-10-17(16)22/h1-3,7-8,16-17H,4-6,9-14H2,(H,20,23)(H,21,24)/t16-,17+/m1/s1. The molecule has 0 aliphatic carbocycles. The molecule has 2 fully saturated rings. The fraction of sp³-hybridized carbons (Fsp3) is 0.579. The van der Waals surface area contributed by atoms with E-state index in [0.717, 1.165) is 6.54 Å². The van der Waals surface area contributed by atoms with Crippen molar-refractivity contribution in [2.75, 3.05) is 26.2 Å². The summed E-state index contributed by atoms with van der Waals surface area (Å²) in [7, 11) is 0. The van der Waals surface area contributed by atoms with Gasteiger partial charge in [0.1, 0.15) is 0 Å². The van der Waals surface area contributed by atoms with Crippen molar-refractivity contribution in [3.63, 3.8) is 0 Å². The number of carbonyl (C=O) groups is 2. The third-order valence-electron chi connectivity index (χ3n) is 5.24. The molecule has 2 saturated heterocycles. The molecule has 0 saturated carbocycles. The lowest BCUT2D eigenvalue weighted by atomic mass is 9.83. The molecule has 5 nitrogen and oxygen atoms in total. The molecule has 5 heteroatoms. The Morgan fingerprint density at radius 1 is 1.00 bits per heavy atom. The molecule has 2 amide bonds. The van der Waals surface area contributed by atoms with E-state index in [1.165, 1.54) is 45.2 Å². The van der Waals surface area contributed by atoms with Crippen LogP contribution in [0, 0.1) is 5.92 Å². The number of piperidine rings is 2. The Morgan fingerprint density at radius 3 is 2.62 bits per heavy atom. The molecular formula is C19H27N3O2. The molecule has 24 heavy (non-hydrogen) atoms. The first-order valence-electron chi connectivity index (χ1n) is 9.08. The zero-order chi connectivity index (χ0) is 16.8. The average Bonchev–Trinajstić information content (AvgIpc) is 2.65. The van der Waals surface area contributed by atoms with Gasteiger partial charge in [-0.3, -0.25) is 9.59 Å². The summed E-state index contributed by atoms with van der Waals surface area (Å²) in [6, 6.07) is 9.61.